The molecule has 51 heavy (non-hydrogen) atoms. The summed E-state index contributed by atoms with van der Waals surface area (Å²) in [6.45, 7) is 7.12. The highest BCUT2D eigenvalue weighted by atomic mass is 14.8. The van der Waals surface area contributed by atoms with Crippen LogP contribution in [0.25, 0.3) is 0 Å². The normalized spacial score (nSPS) is 11.6. The molecule has 0 atom stereocenters. The largest absolute Gasteiger partial charge is 0.317 e. The van der Waals surface area contributed by atoms with Crippen molar-refractivity contribution in [1.82, 2.24) is 5.32 Å². The van der Waals surface area contributed by atoms with Crippen molar-refractivity contribution in [1.29, 1.82) is 0 Å². The first-order valence-electron chi connectivity index (χ1n) is 25.1. The van der Waals surface area contributed by atoms with Crippen LogP contribution in [0.5, 0.6) is 0 Å². The minimum Gasteiger partial charge on any atom is -0.317 e. The maximum absolute atomic E-state index is 3.71. The Labute approximate surface area is 326 Å². The third-order valence-corrected chi connectivity index (χ3v) is 11.9. The fourth-order valence-electron chi connectivity index (χ4n) is 8.20. The SMILES string of the molecule is CCCCCCCCCCCCCCCCCCCCCCCCCNCCCCCCCCCCCCCCCCCCCCCCCCC. The highest BCUT2D eigenvalue weighted by Crippen LogP contribution is 2.17. The molecule has 308 valence electrons. The Balaban J connectivity index is 3.04. The monoisotopic (exact) mass is 718 g/mol. The minimum absolute atomic E-state index is 1.25. The van der Waals surface area contributed by atoms with Crippen LogP contribution >= 0.6 is 0 Å². The number of unbranched alkanes of at least 4 members (excludes halogenated alkanes) is 44. The number of nitrogens with one attached hydrogen (secondary N) is 1. The average molecular weight is 718 g/mol. The van der Waals surface area contributed by atoms with Crippen molar-refractivity contribution in [3.8, 4) is 0 Å². The van der Waals surface area contributed by atoms with E-state index in [1.54, 1.807) is 0 Å². The molecule has 1 nitrogen and oxygen atoms in total. The van der Waals surface area contributed by atoms with Crippen molar-refractivity contribution >= 4 is 0 Å². The topological polar surface area (TPSA) is 12.0 Å². The molecule has 0 amide bonds. The summed E-state index contributed by atoms with van der Waals surface area (Å²) in [5, 5.41) is 3.71. The van der Waals surface area contributed by atoms with E-state index >= 15 is 0 Å². The van der Waals surface area contributed by atoms with E-state index in [0.717, 1.165) is 0 Å². The number of hydrogen-bond donors (Lipinski definition) is 1. The molecular formula is C50H103N. The van der Waals surface area contributed by atoms with Gasteiger partial charge in [0, 0.05) is 0 Å². The maximum Gasteiger partial charge on any atom is -0.00489 e. The molecule has 0 aliphatic carbocycles. The van der Waals surface area contributed by atoms with Crippen LogP contribution < -0.4 is 5.32 Å². The highest BCUT2D eigenvalue weighted by molar-refractivity contribution is 4.55. The molecule has 0 aliphatic rings. The zero-order valence-electron chi connectivity index (χ0n) is 36.4. The summed E-state index contributed by atoms with van der Waals surface area (Å²) < 4.78 is 0. The fourth-order valence-corrected chi connectivity index (χ4v) is 8.20. The van der Waals surface area contributed by atoms with E-state index in [1.807, 2.05) is 0 Å². The Morgan fingerprint density at radius 3 is 0.412 bits per heavy atom. The first-order chi connectivity index (χ1) is 25.4. The summed E-state index contributed by atoms with van der Waals surface area (Å²) in [4.78, 5) is 0. The van der Waals surface area contributed by atoms with Gasteiger partial charge in [-0.25, -0.2) is 0 Å². The van der Waals surface area contributed by atoms with Crippen molar-refractivity contribution in [3.05, 3.63) is 0 Å². The van der Waals surface area contributed by atoms with Crippen LogP contribution in [0, 0.1) is 0 Å². The van der Waals surface area contributed by atoms with E-state index < -0.39 is 0 Å². The lowest BCUT2D eigenvalue weighted by molar-refractivity contribution is 0.511. The van der Waals surface area contributed by atoms with Gasteiger partial charge in [0.25, 0.3) is 0 Å². The molecule has 0 heterocycles. The Bertz CT molecular complexity index is 509. The van der Waals surface area contributed by atoms with Gasteiger partial charge in [0.15, 0.2) is 0 Å². The molecule has 0 aromatic rings. The van der Waals surface area contributed by atoms with Crippen LogP contribution in [0.2, 0.25) is 0 Å². The molecule has 0 fully saturated rings. The zero-order valence-corrected chi connectivity index (χ0v) is 36.4. The van der Waals surface area contributed by atoms with E-state index in [9.17, 15) is 0 Å². The van der Waals surface area contributed by atoms with Crippen molar-refractivity contribution in [2.75, 3.05) is 13.1 Å². The molecule has 0 rings (SSSR count). The molecule has 0 aliphatic heterocycles. The average Bonchev–Trinajstić information content (AvgIpc) is 3.14. The standard InChI is InChI=1S/C50H103N/c1-3-5-7-9-11-13-15-17-19-21-23-25-27-29-31-33-35-37-39-41-43-45-47-49-51-50-48-46-44-42-40-38-36-34-32-30-28-26-24-22-20-18-16-14-12-10-8-6-4-2/h51H,3-50H2,1-2H3. The third-order valence-electron chi connectivity index (χ3n) is 11.9. The van der Waals surface area contributed by atoms with E-state index in [0.29, 0.717) is 0 Å². The smallest absolute Gasteiger partial charge is 0.00489 e. The summed E-state index contributed by atoms with van der Waals surface area (Å²) in [7, 11) is 0. The number of hydrogen-bond acceptors (Lipinski definition) is 1. The Kier molecular flexibility index (Phi) is 49.9. The second-order valence-electron chi connectivity index (χ2n) is 17.3. The van der Waals surface area contributed by atoms with Crippen LogP contribution in [0.4, 0.5) is 0 Å². The van der Waals surface area contributed by atoms with E-state index in [4.69, 9.17) is 0 Å². The van der Waals surface area contributed by atoms with Crippen LogP contribution in [-0.4, -0.2) is 13.1 Å². The molecule has 0 aromatic carbocycles. The lowest BCUT2D eigenvalue weighted by Gasteiger charge is -2.06. The molecule has 1 N–H and O–H groups in total. The Morgan fingerprint density at radius 2 is 0.275 bits per heavy atom. The van der Waals surface area contributed by atoms with E-state index in [-0.39, 0.29) is 0 Å². The quantitative estimate of drug-likeness (QED) is 0.0618. The van der Waals surface area contributed by atoms with Crippen LogP contribution in [-0.2, 0) is 0 Å². The molecule has 0 aromatic heterocycles. The third kappa shape index (κ3) is 50.0. The summed E-state index contributed by atoms with van der Waals surface area (Å²) in [5.41, 5.74) is 0. The van der Waals surface area contributed by atoms with Crippen LogP contribution in [0.3, 0.4) is 0 Å². The van der Waals surface area contributed by atoms with Crippen molar-refractivity contribution in [2.24, 2.45) is 0 Å². The van der Waals surface area contributed by atoms with Crippen molar-refractivity contribution in [3.63, 3.8) is 0 Å². The van der Waals surface area contributed by atoms with Crippen LogP contribution in [0.1, 0.15) is 309 Å². The predicted molar refractivity (Wildman–Crippen MR) is 237 cm³/mol. The molecular weight excluding hydrogens is 615 g/mol. The van der Waals surface area contributed by atoms with E-state index in [2.05, 4.69) is 19.2 Å². The van der Waals surface area contributed by atoms with Crippen LogP contribution in [0.15, 0.2) is 0 Å². The molecule has 0 saturated carbocycles. The molecule has 1 heteroatoms. The summed E-state index contributed by atoms with van der Waals surface area (Å²) in [6.07, 6.45) is 67.7. The first-order valence-corrected chi connectivity index (χ1v) is 25.1. The molecule has 0 saturated heterocycles. The molecule has 0 unspecified atom stereocenters. The summed E-state index contributed by atoms with van der Waals surface area (Å²) in [6, 6.07) is 0. The minimum atomic E-state index is 1.25. The number of rotatable bonds is 48. The molecule has 0 radical (unpaired) electrons. The Hall–Kier alpha value is -0.0400. The van der Waals surface area contributed by atoms with Crippen molar-refractivity contribution < 1.29 is 0 Å². The predicted octanol–water partition coefficient (Wildman–Crippen LogP) is 18.6. The van der Waals surface area contributed by atoms with E-state index in [1.165, 1.54) is 308 Å². The lowest BCUT2D eigenvalue weighted by Crippen LogP contribution is -2.16. The molecule has 0 bridgehead atoms. The maximum atomic E-state index is 3.71. The van der Waals surface area contributed by atoms with Crippen molar-refractivity contribution in [2.45, 2.75) is 309 Å². The Morgan fingerprint density at radius 1 is 0.157 bits per heavy atom. The zero-order chi connectivity index (χ0) is 36.6. The first kappa shape index (κ1) is 51.0. The second kappa shape index (κ2) is 50.0. The van der Waals surface area contributed by atoms with Gasteiger partial charge in [-0.1, -0.05) is 296 Å². The van der Waals surface area contributed by atoms with Gasteiger partial charge in [-0.3, -0.25) is 0 Å². The van der Waals surface area contributed by atoms with Gasteiger partial charge >= 0.3 is 0 Å². The van der Waals surface area contributed by atoms with Gasteiger partial charge < -0.3 is 5.32 Å². The van der Waals surface area contributed by atoms with Gasteiger partial charge in [0.1, 0.15) is 0 Å². The molecule has 0 spiro atoms. The van der Waals surface area contributed by atoms with Gasteiger partial charge in [0.2, 0.25) is 0 Å². The summed E-state index contributed by atoms with van der Waals surface area (Å²) >= 11 is 0. The lowest BCUT2D eigenvalue weighted by atomic mass is 10.0. The van der Waals surface area contributed by atoms with Gasteiger partial charge in [-0.05, 0) is 25.9 Å². The van der Waals surface area contributed by atoms with Gasteiger partial charge in [-0.2, -0.15) is 0 Å². The van der Waals surface area contributed by atoms with Gasteiger partial charge in [-0.15, -0.1) is 0 Å². The highest BCUT2D eigenvalue weighted by Gasteiger charge is 1.98. The van der Waals surface area contributed by atoms with Gasteiger partial charge in [0.05, 0.1) is 0 Å². The summed E-state index contributed by atoms with van der Waals surface area (Å²) in [5.74, 6) is 0. The fraction of sp³-hybridized carbons (Fsp3) is 1.00. The second-order valence-corrected chi connectivity index (χ2v) is 17.3.